The normalized spacial score (nSPS) is 14.4. The highest BCUT2D eigenvalue weighted by Crippen LogP contribution is 2.11. The van der Waals surface area contributed by atoms with Crippen molar-refractivity contribution in [2.75, 3.05) is 45.3 Å². The molecule has 7 nitrogen and oxygen atoms in total. The third-order valence-corrected chi connectivity index (χ3v) is 2.37. The molecule has 0 aliphatic rings. The quantitative estimate of drug-likeness (QED) is 0.637. The van der Waals surface area contributed by atoms with Crippen LogP contribution in [0.4, 0.5) is 11.6 Å². The maximum absolute atomic E-state index is 10.2. The van der Waals surface area contributed by atoms with Gasteiger partial charge in [-0.05, 0) is 21.0 Å². The fraction of sp³-hybridized carbons (Fsp3) is 0.667. The molecule has 0 spiro atoms. The van der Waals surface area contributed by atoms with Crippen molar-refractivity contribution in [2.45, 2.75) is 19.1 Å². The van der Waals surface area contributed by atoms with Gasteiger partial charge in [0.15, 0.2) is 5.82 Å². The van der Waals surface area contributed by atoms with Crippen molar-refractivity contribution in [2.24, 2.45) is 0 Å². The van der Waals surface area contributed by atoms with Gasteiger partial charge < -0.3 is 25.8 Å². The molecule has 19 heavy (non-hydrogen) atoms. The molecule has 0 fully saturated rings. The first-order valence-corrected chi connectivity index (χ1v) is 6.06. The fourth-order valence-electron chi connectivity index (χ4n) is 1.82. The van der Waals surface area contributed by atoms with Crippen LogP contribution in [0.5, 0.6) is 0 Å². The molecule has 4 N–H and O–H groups in total. The first-order chi connectivity index (χ1) is 8.82. The van der Waals surface area contributed by atoms with Crippen molar-refractivity contribution >= 4 is 11.6 Å². The highest BCUT2D eigenvalue weighted by Gasteiger charge is 2.21. The molecule has 1 heterocycles. The van der Waals surface area contributed by atoms with Crippen molar-refractivity contribution in [3.8, 4) is 0 Å². The Labute approximate surface area is 113 Å². The summed E-state index contributed by atoms with van der Waals surface area (Å²) in [5.41, 5.74) is 4.84. The number of nitrogens with two attached hydrogens (primary N) is 1. The van der Waals surface area contributed by atoms with Crippen LogP contribution in [0, 0.1) is 0 Å². The Kier molecular flexibility index (Phi) is 5.46. The fourth-order valence-corrected chi connectivity index (χ4v) is 1.82. The van der Waals surface area contributed by atoms with E-state index in [2.05, 4.69) is 15.3 Å². The van der Waals surface area contributed by atoms with Gasteiger partial charge in [0.2, 0.25) is 0 Å². The van der Waals surface area contributed by atoms with E-state index in [4.69, 9.17) is 10.5 Å². The summed E-state index contributed by atoms with van der Waals surface area (Å²) in [6.45, 7) is 2.98. The number of methoxy groups -OCH3 is 1. The van der Waals surface area contributed by atoms with Crippen LogP contribution >= 0.6 is 0 Å². The van der Waals surface area contributed by atoms with Crippen LogP contribution < -0.4 is 11.1 Å². The minimum atomic E-state index is -0.857. The molecule has 0 aromatic carbocycles. The van der Waals surface area contributed by atoms with E-state index in [1.165, 1.54) is 0 Å². The Hall–Kier alpha value is -1.44. The lowest BCUT2D eigenvalue weighted by molar-refractivity contribution is 0.0459. The molecule has 108 valence electrons. The summed E-state index contributed by atoms with van der Waals surface area (Å²) in [5, 5.41) is 13.3. The Bertz CT molecular complexity index is 409. The van der Waals surface area contributed by atoms with E-state index in [0.29, 0.717) is 37.2 Å². The highest BCUT2D eigenvalue weighted by atomic mass is 16.5. The molecule has 0 aliphatic heterocycles. The number of nitrogens with zero attached hydrogens (tertiary/aromatic N) is 3. The minimum Gasteiger partial charge on any atom is -0.387 e. The molecule has 1 aromatic heterocycles. The van der Waals surface area contributed by atoms with Crippen LogP contribution in [0.25, 0.3) is 0 Å². The molecule has 7 heteroatoms. The molecule has 0 aliphatic carbocycles. The van der Waals surface area contributed by atoms with E-state index in [9.17, 15) is 5.11 Å². The molecule has 1 atom stereocenters. The summed E-state index contributed by atoms with van der Waals surface area (Å²) in [6.07, 6.45) is 0. The lowest BCUT2D eigenvalue weighted by Crippen LogP contribution is -2.43. The third kappa shape index (κ3) is 5.82. The van der Waals surface area contributed by atoms with Gasteiger partial charge in [-0.15, -0.1) is 0 Å². The molecule has 0 amide bonds. The van der Waals surface area contributed by atoms with Gasteiger partial charge in [0.05, 0.1) is 5.60 Å². The molecule has 0 radical (unpaired) electrons. The summed E-state index contributed by atoms with van der Waals surface area (Å²) in [5.74, 6) is 1.47. The lowest BCUT2D eigenvalue weighted by Gasteiger charge is -2.27. The van der Waals surface area contributed by atoms with Gasteiger partial charge in [0, 0.05) is 26.3 Å². The number of rotatable bonds is 7. The van der Waals surface area contributed by atoms with Crippen LogP contribution in [-0.2, 0) is 11.3 Å². The van der Waals surface area contributed by atoms with E-state index < -0.39 is 5.60 Å². The van der Waals surface area contributed by atoms with Gasteiger partial charge in [-0.3, -0.25) is 0 Å². The molecular formula is C12H23N5O2. The molecule has 1 unspecified atom stereocenters. The summed E-state index contributed by atoms with van der Waals surface area (Å²) < 4.78 is 4.97. The van der Waals surface area contributed by atoms with Crippen LogP contribution in [-0.4, -0.2) is 59.9 Å². The van der Waals surface area contributed by atoms with E-state index in [0.717, 1.165) is 0 Å². The second-order valence-corrected chi connectivity index (χ2v) is 5.12. The van der Waals surface area contributed by atoms with Gasteiger partial charge in [0.25, 0.3) is 0 Å². The Morgan fingerprint density at radius 2 is 2.16 bits per heavy atom. The third-order valence-electron chi connectivity index (χ3n) is 2.37. The Balaban J connectivity index is 2.66. The average Bonchev–Trinajstić information content (AvgIpc) is 2.24. The van der Waals surface area contributed by atoms with Crippen molar-refractivity contribution in [3.05, 3.63) is 11.9 Å². The second-order valence-electron chi connectivity index (χ2n) is 5.12. The van der Waals surface area contributed by atoms with Crippen LogP contribution in [0.1, 0.15) is 12.7 Å². The maximum atomic E-state index is 10.2. The zero-order chi connectivity index (χ0) is 14.5. The highest BCUT2D eigenvalue weighted by molar-refractivity contribution is 5.44. The summed E-state index contributed by atoms with van der Waals surface area (Å²) >= 11 is 0. The van der Waals surface area contributed by atoms with E-state index >= 15 is 0 Å². The van der Waals surface area contributed by atoms with Gasteiger partial charge in [0.1, 0.15) is 18.2 Å². The van der Waals surface area contributed by atoms with Gasteiger partial charge >= 0.3 is 0 Å². The standard InChI is InChI=1S/C12H23N5O2/c1-12(18,8-17(2)3)7-14-10-5-9(13)15-11(16-10)6-19-4/h5,18H,6-8H2,1-4H3,(H3,13,14,15,16). The van der Waals surface area contributed by atoms with Crippen molar-refractivity contribution in [3.63, 3.8) is 0 Å². The number of hydrogen-bond donors (Lipinski definition) is 3. The Morgan fingerprint density at radius 3 is 2.74 bits per heavy atom. The van der Waals surface area contributed by atoms with E-state index in [1.54, 1.807) is 20.1 Å². The summed E-state index contributed by atoms with van der Waals surface area (Å²) in [6, 6.07) is 1.63. The maximum Gasteiger partial charge on any atom is 0.158 e. The predicted molar refractivity (Wildman–Crippen MR) is 74.8 cm³/mol. The van der Waals surface area contributed by atoms with Crippen molar-refractivity contribution in [1.82, 2.24) is 14.9 Å². The number of nitrogens with one attached hydrogen (secondary N) is 1. The molecule has 0 saturated carbocycles. The molecule has 0 bridgehead atoms. The molecule has 0 saturated heterocycles. The van der Waals surface area contributed by atoms with Crippen LogP contribution in [0.15, 0.2) is 6.07 Å². The van der Waals surface area contributed by atoms with Crippen molar-refractivity contribution < 1.29 is 9.84 Å². The Morgan fingerprint density at radius 1 is 1.47 bits per heavy atom. The lowest BCUT2D eigenvalue weighted by atomic mass is 10.1. The van der Waals surface area contributed by atoms with Gasteiger partial charge in [-0.25, -0.2) is 9.97 Å². The summed E-state index contributed by atoms with van der Waals surface area (Å²) in [4.78, 5) is 10.2. The molecule has 1 aromatic rings. The smallest absolute Gasteiger partial charge is 0.158 e. The minimum absolute atomic E-state index is 0.299. The number of ether oxygens (including phenoxy) is 1. The summed E-state index contributed by atoms with van der Waals surface area (Å²) in [7, 11) is 5.39. The number of likely N-dealkylation sites (N-methyl/N-ethyl adjacent to an activating group) is 1. The second kappa shape index (κ2) is 6.65. The zero-order valence-electron chi connectivity index (χ0n) is 12.0. The monoisotopic (exact) mass is 269 g/mol. The average molecular weight is 269 g/mol. The van der Waals surface area contributed by atoms with E-state index in [-0.39, 0.29) is 0 Å². The zero-order valence-corrected chi connectivity index (χ0v) is 12.0. The van der Waals surface area contributed by atoms with Crippen LogP contribution in [0.2, 0.25) is 0 Å². The number of anilines is 2. The predicted octanol–water partition coefficient (Wildman–Crippen LogP) is -0.0703. The van der Waals surface area contributed by atoms with E-state index in [1.807, 2.05) is 19.0 Å². The molecule has 1 rings (SSSR count). The van der Waals surface area contributed by atoms with Crippen LogP contribution in [0.3, 0.4) is 0 Å². The first kappa shape index (κ1) is 15.6. The SMILES string of the molecule is COCc1nc(N)cc(NCC(C)(O)CN(C)C)n1. The van der Waals surface area contributed by atoms with Gasteiger partial charge in [-0.2, -0.15) is 0 Å². The van der Waals surface area contributed by atoms with Crippen molar-refractivity contribution in [1.29, 1.82) is 0 Å². The number of nitrogen functional groups attached to an aromatic ring is 1. The largest absolute Gasteiger partial charge is 0.387 e. The molecular weight excluding hydrogens is 246 g/mol. The number of aromatic nitrogens is 2. The number of aliphatic hydroxyl groups is 1. The first-order valence-electron chi connectivity index (χ1n) is 6.06. The topological polar surface area (TPSA) is 96.5 Å². The van der Waals surface area contributed by atoms with Gasteiger partial charge in [-0.1, -0.05) is 0 Å². The number of hydrogen-bond acceptors (Lipinski definition) is 7.